The van der Waals surface area contributed by atoms with Gasteiger partial charge in [-0.15, -0.1) is 0 Å². The van der Waals surface area contributed by atoms with Gasteiger partial charge in [-0.1, -0.05) is 6.07 Å². The van der Waals surface area contributed by atoms with Gasteiger partial charge in [0.15, 0.2) is 0 Å². The number of amides is 1. The van der Waals surface area contributed by atoms with Crippen molar-refractivity contribution in [3.05, 3.63) is 53.2 Å². The lowest BCUT2D eigenvalue weighted by Gasteiger charge is -2.24. The molecule has 10 heteroatoms. The van der Waals surface area contributed by atoms with Gasteiger partial charge in [0.05, 0.1) is 0 Å². The van der Waals surface area contributed by atoms with E-state index < -0.39 is 23.6 Å². The number of aromatic nitrogens is 1. The highest BCUT2D eigenvalue weighted by Crippen LogP contribution is 2.20. The molecule has 0 spiro atoms. The number of rotatable bonds is 15. The van der Waals surface area contributed by atoms with Gasteiger partial charge in [0.2, 0.25) is 6.41 Å². The predicted octanol–water partition coefficient (Wildman–Crippen LogP) is 3.01. The molecule has 190 valence electrons. The van der Waals surface area contributed by atoms with E-state index >= 15 is 0 Å². The highest BCUT2D eigenvalue weighted by atomic mass is 19.1. The van der Waals surface area contributed by atoms with Crippen LogP contribution in [0.15, 0.2) is 30.3 Å². The monoisotopic (exact) mass is 490 g/mol. The smallest absolute Gasteiger partial charge is 0.326 e. The van der Waals surface area contributed by atoms with E-state index in [1.54, 1.807) is 0 Å². The van der Waals surface area contributed by atoms with E-state index in [0.717, 1.165) is 68.4 Å². The molecule has 8 nitrogen and oxygen atoms in total. The molecule has 1 aliphatic heterocycles. The van der Waals surface area contributed by atoms with Crippen LogP contribution in [0, 0.1) is 11.6 Å². The van der Waals surface area contributed by atoms with Crippen LogP contribution in [0.4, 0.5) is 14.6 Å². The van der Waals surface area contributed by atoms with Crippen LogP contribution in [0.3, 0.4) is 0 Å². The SMILES string of the molecule is O=CNC(CCN(CCCCc1ccc2c(n1)NCCC2)CCOc1cc(F)cc(F)c1)C(=O)O. The van der Waals surface area contributed by atoms with Crippen molar-refractivity contribution in [3.8, 4) is 5.75 Å². The topological polar surface area (TPSA) is 104 Å². The van der Waals surface area contributed by atoms with Crippen molar-refractivity contribution in [2.45, 2.75) is 44.6 Å². The minimum Gasteiger partial charge on any atom is -0.492 e. The zero-order valence-electron chi connectivity index (χ0n) is 19.6. The second kappa shape index (κ2) is 13.6. The number of halogens is 2. The number of anilines is 1. The summed E-state index contributed by atoms with van der Waals surface area (Å²) in [5.41, 5.74) is 2.28. The molecule has 1 aromatic carbocycles. The van der Waals surface area contributed by atoms with Gasteiger partial charge in [-0.2, -0.15) is 0 Å². The molecule has 1 unspecified atom stereocenters. The van der Waals surface area contributed by atoms with E-state index in [2.05, 4.69) is 22.8 Å². The Bertz CT molecular complexity index is 972. The summed E-state index contributed by atoms with van der Waals surface area (Å²) in [6.45, 7) is 2.66. The molecule has 0 radical (unpaired) electrons. The number of carboxylic acid groups (broad SMARTS) is 1. The molecule has 1 aliphatic rings. The summed E-state index contributed by atoms with van der Waals surface area (Å²) < 4.78 is 32.3. The third-order valence-electron chi connectivity index (χ3n) is 5.92. The molecule has 0 bridgehead atoms. The van der Waals surface area contributed by atoms with Gasteiger partial charge < -0.3 is 20.5 Å². The van der Waals surface area contributed by atoms with Crippen LogP contribution in [-0.4, -0.2) is 66.2 Å². The first kappa shape index (κ1) is 26.3. The number of aryl methyl sites for hydroxylation is 2. The maximum atomic E-state index is 13.4. The largest absolute Gasteiger partial charge is 0.492 e. The quantitative estimate of drug-likeness (QED) is 0.260. The van der Waals surface area contributed by atoms with Crippen molar-refractivity contribution in [1.29, 1.82) is 0 Å². The second-order valence-electron chi connectivity index (χ2n) is 8.56. The van der Waals surface area contributed by atoms with E-state index in [4.69, 9.17) is 9.72 Å². The third kappa shape index (κ3) is 8.79. The van der Waals surface area contributed by atoms with E-state index in [0.29, 0.717) is 26.0 Å². The third-order valence-corrected chi connectivity index (χ3v) is 5.92. The molecule has 0 aliphatic carbocycles. The molecular formula is C25H32F2N4O4. The number of nitrogens with one attached hydrogen (secondary N) is 2. The number of carbonyl (C=O) groups is 2. The fraction of sp³-hybridized carbons (Fsp3) is 0.480. The molecule has 35 heavy (non-hydrogen) atoms. The van der Waals surface area contributed by atoms with Gasteiger partial charge in [-0.05, 0) is 56.7 Å². The minimum atomic E-state index is -1.10. The van der Waals surface area contributed by atoms with Crippen LogP contribution < -0.4 is 15.4 Å². The van der Waals surface area contributed by atoms with E-state index in [1.807, 2.05) is 4.90 Å². The Hall–Kier alpha value is -3.27. The fourth-order valence-electron chi connectivity index (χ4n) is 4.06. The van der Waals surface area contributed by atoms with Gasteiger partial charge in [0, 0.05) is 43.5 Å². The number of unbranched alkanes of at least 4 members (excludes halogenated alkanes) is 1. The minimum absolute atomic E-state index is 0.0978. The summed E-state index contributed by atoms with van der Waals surface area (Å²) in [6, 6.07) is 6.22. The van der Waals surface area contributed by atoms with Crippen LogP contribution in [0.2, 0.25) is 0 Å². The molecule has 0 saturated carbocycles. The van der Waals surface area contributed by atoms with Crippen molar-refractivity contribution < 1.29 is 28.2 Å². The summed E-state index contributed by atoms with van der Waals surface area (Å²) >= 11 is 0. The summed E-state index contributed by atoms with van der Waals surface area (Å²) in [5.74, 6) is -1.46. The zero-order valence-corrected chi connectivity index (χ0v) is 19.6. The Morgan fingerprint density at radius 1 is 1.20 bits per heavy atom. The molecule has 1 amide bonds. The number of aliphatic carboxylic acids is 1. The molecular weight excluding hydrogens is 458 g/mol. The van der Waals surface area contributed by atoms with E-state index in [1.165, 1.54) is 5.56 Å². The van der Waals surface area contributed by atoms with Crippen LogP contribution in [0.25, 0.3) is 0 Å². The maximum absolute atomic E-state index is 13.4. The second-order valence-corrected chi connectivity index (χ2v) is 8.56. The van der Waals surface area contributed by atoms with Crippen LogP contribution in [-0.2, 0) is 22.4 Å². The Labute approximate surface area is 203 Å². The van der Waals surface area contributed by atoms with Gasteiger partial charge in [-0.25, -0.2) is 18.6 Å². The number of pyridine rings is 1. The van der Waals surface area contributed by atoms with Gasteiger partial charge >= 0.3 is 5.97 Å². The normalized spacial score (nSPS) is 13.6. The Balaban J connectivity index is 1.50. The first-order valence-electron chi connectivity index (χ1n) is 11.9. The number of carboxylic acids is 1. The van der Waals surface area contributed by atoms with Crippen molar-refractivity contribution in [1.82, 2.24) is 15.2 Å². The predicted molar refractivity (Wildman–Crippen MR) is 128 cm³/mol. The first-order valence-corrected chi connectivity index (χ1v) is 11.9. The lowest BCUT2D eigenvalue weighted by Crippen LogP contribution is -2.40. The molecule has 3 rings (SSSR count). The summed E-state index contributed by atoms with van der Waals surface area (Å²) in [4.78, 5) is 28.8. The number of ether oxygens (including phenoxy) is 1. The van der Waals surface area contributed by atoms with Crippen LogP contribution in [0.5, 0.6) is 5.75 Å². The number of nitrogens with zero attached hydrogens (tertiary/aromatic N) is 2. The lowest BCUT2D eigenvalue weighted by molar-refractivity contribution is -0.140. The van der Waals surface area contributed by atoms with Gasteiger partial charge in [0.1, 0.15) is 35.9 Å². The first-order chi connectivity index (χ1) is 16.9. The highest BCUT2D eigenvalue weighted by Gasteiger charge is 2.18. The van der Waals surface area contributed by atoms with Crippen LogP contribution in [0.1, 0.15) is 36.9 Å². The lowest BCUT2D eigenvalue weighted by atomic mass is 10.1. The van der Waals surface area contributed by atoms with Crippen molar-refractivity contribution in [2.24, 2.45) is 0 Å². The molecule has 2 aromatic rings. The zero-order chi connectivity index (χ0) is 25.0. The maximum Gasteiger partial charge on any atom is 0.326 e. The molecule has 0 saturated heterocycles. The van der Waals surface area contributed by atoms with E-state index in [-0.39, 0.29) is 18.8 Å². The summed E-state index contributed by atoms with van der Waals surface area (Å²) in [5, 5.41) is 14.9. The average Bonchev–Trinajstić information content (AvgIpc) is 2.83. The van der Waals surface area contributed by atoms with Crippen molar-refractivity contribution >= 4 is 18.2 Å². The average molecular weight is 491 g/mol. The number of hydrogen-bond acceptors (Lipinski definition) is 6. The Morgan fingerprint density at radius 3 is 2.74 bits per heavy atom. The highest BCUT2D eigenvalue weighted by molar-refractivity contribution is 5.76. The van der Waals surface area contributed by atoms with Crippen LogP contribution >= 0.6 is 0 Å². The summed E-state index contributed by atoms with van der Waals surface area (Å²) in [6.07, 6.45) is 5.34. The van der Waals surface area contributed by atoms with Crippen molar-refractivity contribution in [2.75, 3.05) is 38.1 Å². The van der Waals surface area contributed by atoms with Gasteiger partial charge in [0.25, 0.3) is 0 Å². The molecule has 2 heterocycles. The molecule has 1 aromatic heterocycles. The Kier molecular flexibility index (Phi) is 10.2. The fourth-order valence-corrected chi connectivity index (χ4v) is 4.06. The number of fused-ring (bicyclic) bond motifs is 1. The van der Waals surface area contributed by atoms with E-state index in [9.17, 15) is 23.5 Å². The number of benzene rings is 1. The Morgan fingerprint density at radius 2 is 2.00 bits per heavy atom. The molecule has 3 N–H and O–H groups in total. The standard InChI is InChI=1S/C25H32F2N4O4/c26-19-14-20(27)16-22(15-19)35-13-12-31(11-8-23(25(33)34)29-17-32)10-2-1-5-21-7-6-18-4-3-9-28-24(18)30-21/h6-7,14-17,23H,1-5,8-13H2,(H,28,30)(H,29,32)(H,33,34). The van der Waals surface area contributed by atoms with Gasteiger partial charge in [-0.3, -0.25) is 9.69 Å². The summed E-state index contributed by atoms with van der Waals surface area (Å²) in [7, 11) is 0. The molecule has 1 atom stereocenters. The van der Waals surface area contributed by atoms with Crippen molar-refractivity contribution in [3.63, 3.8) is 0 Å². The molecule has 0 fully saturated rings. The number of hydrogen-bond donors (Lipinski definition) is 3. The number of carbonyl (C=O) groups excluding carboxylic acids is 1.